The molecule has 0 aliphatic heterocycles. The van der Waals surface area contributed by atoms with E-state index in [0.717, 1.165) is 0 Å². The molecule has 2 fully saturated rings. The van der Waals surface area contributed by atoms with Crippen LogP contribution >= 0.6 is 12.4 Å². The number of aliphatic carboxylic acids is 1. The van der Waals surface area contributed by atoms with E-state index in [1.54, 1.807) is 0 Å². The average molecular weight is 220 g/mol. The second-order valence-electron chi connectivity index (χ2n) is 3.62. The lowest BCUT2D eigenvalue weighted by Crippen LogP contribution is -2.47. The maximum absolute atomic E-state index is 11.2. The lowest BCUT2D eigenvalue weighted by molar-refractivity contribution is -0.149. The van der Waals surface area contributed by atoms with Crippen LogP contribution in [0, 0.1) is 17.8 Å². The van der Waals surface area contributed by atoms with Crippen molar-refractivity contribution in [2.45, 2.75) is 12.5 Å². The number of carbonyl (C=O) groups is 3. The summed E-state index contributed by atoms with van der Waals surface area (Å²) in [5.74, 6) is -4.14. The Hall–Kier alpha value is -0.940. The molecule has 5 nitrogen and oxygen atoms in total. The van der Waals surface area contributed by atoms with Gasteiger partial charge >= 0.3 is 5.97 Å². The molecule has 2 bridgehead atoms. The zero-order valence-corrected chi connectivity index (χ0v) is 7.99. The first-order chi connectivity index (χ1) is 6.04. The molecule has 0 aromatic rings. The lowest BCUT2D eigenvalue weighted by atomic mass is 9.83. The number of carboxylic acid groups (broad SMARTS) is 1. The van der Waals surface area contributed by atoms with Crippen LogP contribution in [0.2, 0.25) is 0 Å². The van der Waals surface area contributed by atoms with Gasteiger partial charge in [0.05, 0.1) is 5.92 Å². The maximum Gasteiger partial charge on any atom is 0.308 e. The highest BCUT2D eigenvalue weighted by molar-refractivity contribution is 6.42. The number of hydrogen-bond donors (Lipinski definition) is 2. The first kappa shape index (κ1) is 11.1. The summed E-state index contributed by atoms with van der Waals surface area (Å²) in [6.07, 6.45) is 0.329. The van der Waals surface area contributed by atoms with Crippen molar-refractivity contribution in [3.05, 3.63) is 0 Å². The Bertz CT molecular complexity index is 316. The molecule has 78 valence electrons. The van der Waals surface area contributed by atoms with Crippen molar-refractivity contribution >= 4 is 29.9 Å². The Morgan fingerprint density at radius 2 is 1.79 bits per heavy atom. The lowest BCUT2D eigenvalue weighted by Gasteiger charge is -2.22. The molecule has 0 aromatic heterocycles. The molecule has 0 spiro atoms. The molecule has 0 aromatic carbocycles. The summed E-state index contributed by atoms with van der Waals surface area (Å²) < 4.78 is 0. The minimum absolute atomic E-state index is 0. The molecule has 2 aliphatic rings. The topological polar surface area (TPSA) is 97.5 Å². The summed E-state index contributed by atoms with van der Waals surface area (Å²) in [4.78, 5) is 33.0. The monoisotopic (exact) mass is 219 g/mol. The predicted octanol–water partition coefficient (Wildman–Crippen LogP) is -0.776. The molecule has 0 heterocycles. The van der Waals surface area contributed by atoms with E-state index in [4.69, 9.17) is 10.8 Å². The second kappa shape index (κ2) is 3.33. The minimum atomic E-state index is -1.07. The van der Waals surface area contributed by atoms with E-state index in [9.17, 15) is 14.4 Å². The van der Waals surface area contributed by atoms with E-state index in [0.29, 0.717) is 6.42 Å². The largest absolute Gasteiger partial charge is 0.481 e. The van der Waals surface area contributed by atoms with Crippen molar-refractivity contribution in [2.24, 2.45) is 23.5 Å². The normalized spacial score (nSPS) is 39.8. The van der Waals surface area contributed by atoms with Gasteiger partial charge in [0.1, 0.15) is 0 Å². The van der Waals surface area contributed by atoms with Gasteiger partial charge in [-0.2, -0.15) is 0 Å². The van der Waals surface area contributed by atoms with Crippen LogP contribution in [0.15, 0.2) is 0 Å². The molecule has 4 unspecified atom stereocenters. The van der Waals surface area contributed by atoms with E-state index < -0.39 is 41.3 Å². The average Bonchev–Trinajstić information content (AvgIpc) is 2.50. The number of carboxylic acids is 1. The third-order valence-corrected chi connectivity index (χ3v) is 3.02. The second-order valence-corrected chi connectivity index (χ2v) is 3.62. The molecule has 2 aliphatic carbocycles. The van der Waals surface area contributed by atoms with Crippen molar-refractivity contribution in [1.82, 2.24) is 0 Å². The molecule has 3 N–H and O–H groups in total. The van der Waals surface area contributed by atoms with Gasteiger partial charge in [-0.1, -0.05) is 0 Å². The van der Waals surface area contributed by atoms with Gasteiger partial charge < -0.3 is 10.8 Å². The van der Waals surface area contributed by atoms with Crippen LogP contribution in [-0.4, -0.2) is 28.7 Å². The molecule has 2 rings (SSSR count). The van der Waals surface area contributed by atoms with Crippen LogP contribution in [0.1, 0.15) is 6.42 Å². The number of nitrogens with two attached hydrogens (primary N) is 1. The fourth-order valence-corrected chi connectivity index (χ4v) is 2.35. The molecular weight excluding hydrogens is 210 g/mol. The van der Waals surface area contributed by atoms with Crippen molar-refractivity contribution in [3.63, 3.8) is 0 Å². The van der Waals surface area contributed by atoms with Gasteiger partial charge in [-0.25, -0.2) is 0 Å². The van der Waals surface area contributed by atoms with Gasteiger partial charge in [-0.3, -0.25) is 14.4 Å². The fraction of sp³-hybridized carbons (Fsp3) is 0.625. The van der Waals surface area contributed by atoms with Gasteiger partial charge in [0, 0.05) is 17.9 Å². The standard InChI is InChI=1S/C8H9NO4.ClH/c9-5-3-1-2(4(5)8(12)13)6(10)7(3)11;/h2-5H,1,9H2,(H,12,13);1H. The van der Waals surface area contributed by atoms with Crippen molar-refractivity contribution in [3.8, 4) is 0 Å². The van der Waals surface area contributed by atoms with Crippen molar-refractivity contribution in [2.75, 3.05) is 0 Å². The summed E-state index contributed by atoms with van der Waals surface area (Å²) >= 11 is 0. The molecule has 4 atom stereocenters. The van der Waals surface area contributed by atoms with Crippen LogP contribution in [0.3, 0.4) is 0 Å². The van der Waals surface area contributed by atoms with E-state index in [-0.39, 0.29) is 12.4 Å². The van der Waals surface area contributed by atoms with E-state index in [1.807, 2.05) is 0 Å². The Labute approximate surface area is 86.1 Å². The highest BCUT2D eigenvalue weighted by atomic mass is 35.5. The van der Waals surface area contributed by atoms with Gasteiger partial charge in [-0.15, -0.1) is 12.4 Å². The summed E-state index contributed by atoms with van der Waals surface area (Å²) in [5.41, 5.74) is 5.56. The highest BCUT2D eigenvalue weighted by Gasteiger charge is 2.59. The quantitative estimate of drug-likeness (QED) is 0.564. The van der Waals surface area contributed by atoms with Crippen molar-refractivity contribution in [1.29, 1.82) is 0 Å². The van der Waals surface area contributed by atoms with Gasteiger partial charge in [-0.05, 0) is 6.42 Å². The highest BCUT2D eigenvalue weighted by Crippen LogP contribution is 2.43. The number of rotatable bonds is 1. The molecule has 0 amide bonds. The van der Waals surface area contributed by atoms with Crippen LogP contribution in [0.25, 0.3) is 0 Å². The molecule has 14 heavy (non-hydrogen) atoms. The van der Waals surface area contributed by atoms with Gasteiger partial charge in [0.15, 0.2) is 0 Å². The number of Topliss-reactive ketones (excluding diaryl/α,β-unsaturated/α-hetero) is 2. The Kier molecular flexibility index (Phi) is 2.65. The number of carbonyl (C=O) groups excluding carboxylic acids is 2. The fourth-order valence-electron chi connectivity index (χ4n) is 2.35. The van der Waals surface area contributed by atoms with Crippen LogP contribution < -0.4 is 5.73 Å². The van der Waals surface area contributed by atoms with Crippen molar-refractivity contribution < 1.29 is 19.5 Å². The Morgan fingerprint density at radius 1 is 1.29 bits per heavy atom. The molecule has 0 radical (unpaired) electrons. The number of hydrogen-bond acceptors (Lipinski definition) is 4. The zero-order chi connectivity index (χ0) is 9.75. The van der Waals surface area contributed by atoms with Gasteiger partial charge in [0.25, 0.3) is 0 Å². The van der Waals surface area contributed by atoms with Crippen LogP contribution in [0.4, 0.5) is 0 Å². The summed E-state index contributed by atoms with van der Waals surface area (Å²) in [6.45, 7) is 0. The first-order valence-electron chi connectivity index (χ1n) is 4.10. The smallest absolute Gasteiger partial charge is 0.308 e. The number of fused-ring (bicyclic) bond motifs is 2. The molecule has 6 heteroatoms. The van der Waals surface area contributed by atoms with E-state index in [1.165, 1.54) is 0 Å². The Morgan fingerprint density at radius 3 is 2.21 bits per heavy atom. The van der Waals surface area contributed by atoms with E-state index in [2.05, 4.69) is 0 Å². The Balaban J connectivity index is 0.000000980. The number of halogens is 1. The number of ketones is 2. The third-order valence-electron chi connectivity index (χ3n) is 3.02. The zero-order valence-electron chi connectivity index (χ0n) is 7.17. The predicted molar refractivity (Wildman–Crippen MR) is 48.0 cm³/mol. The van der Waals surface area contributed by atoms with Crippen LogP contribution in [0.5, 0.6) is 0 Å². The first-order valence-corrected chi connectivity index (χ1v) is 4.10. The summed E-state index contributed by atoms with van der Waals surface area (Å²) in [7, 11) is 0. The molecular formula is C8H10ClNO4. The summed E-state index contributed by atoms with van der Waals surface area (Å²) in [6, 6.07) is -0.673. The van der Waals surface area contributed by atoms with Crippen LogP contribution in [-0.2, 0) is 14.4 Å². The molecule has 2 saturated carbocycles. The maximum atomic E-state index is 11.2. The minimum Gasteiger partial charge on any atom is -0.481 e. The van der Waals surface area contributed by atoms with E-state index >= 15 is 0 Å². The third kappa shape index (κ3) is 1.16. The molecule has 0 saturated heterocycles. The summed E-state index contributed by atoms with van der Waals surface area (Å²) in [5, 5.41) is 8.77. The van der Waals surface area contributed by atoms with Gasteiger partial charge in [0.2, 0.25) is 11.6 Å². The SMILES string of the molecule is Cl.NC1C2CC(C(=O)C2=O)C1C(=O)O.